The first kappa shape index (κ1) is 19.4. The molecule has 0 heterocycles. The largest absolute Gasteiger partial charge is 0.497 e. The minimum Gasteiger partial charge on any atom is -0.497 e. The van der Waals surface area contributed by atoms with Gasteiger partial charge in [-0.05, 0) is 41.0 Å². The van der Waals surface area contributed by atoms with E-state index in [0.717, 1.165) is 27.6 Å². The average Bonchev–Trinajstić information content (AvgIpc) is 2.72. The van der Waals surface area contributed by atoms with Crippen LogP contribution in [0, 0.1) is 0 Å². The average molecular weight is 377 g/mol. The fourth-order valence-corrected chi connectivity index (χ4v) is 2.88. The molecule has 144 valence electrons. The lowest BCUT2D eigenvalue weighted by atomic mass is 10.1. The van der Waals surface area contributed by atoms with Crippen LogP contribution in [0.4, 0.5) is 0 Å². The third kappa shape index (κ3) is 5.10. The molecule has 3 aromatic rings. The van der Waals surface area contributed by atoms with E-state index in [1.165, 1.54) is 0 Å². The lowest BCUT2D eigenvalue weighted by Crippen LogP contribution is -2.35. The summed E-state index contributed by atoms with van der Waals surface area (Å²) in [5.41, 5.74) is 1.79. The Hall–Kier alpha value is -3.34. The molecule has 0 aromatic heterocycles. The van der Waals surface area contributed by atoms with Crippen LogP contribution in [0.1, 0.15) is 18.1 Å². The fourth-order valence-electron chi connectivity index (χ4n) is 2.88. The molecular weight excluding hydrogens is 354 g/mol. The van der Waals surface area contributed by atoms with Gasteiger partial charge in [0.25, 0.3) is 5.91 Å². The van der Waals surface area contributed by atoms with Crippen molar-refractivity contribution < 1.29 is 19.1 Å². The van der Waals surface area contributed by atoms with E-state index in [4.69, 9.17) is 9.47 Å². The Morgan fingerprint density at radius 3 is 2.32 bits per heavy atom. The molecule has 5 heteroatoms. The minimum absolute atomic E-state index is 0.126. The second kappa shape index (κ2) is 9.04. The van der Waals surface area contributed by atoms with Crippen LogP contribution in [0.5, 0.6) is 5.75 Å². The maximum atomic E-state index is 12.2. The highest BCUT2D eigenvalue weighted by Gasteiger charge is 2.17. The quantitative estimate of drug-likeness (QED) is 0.639. The van der Waals surface area contributed by atoms with Gasteiger partial charge in [0.05, 0.1) is 13.5 Å². The third-order valence-electron chi connectivity index (χ3n) is 4.47. The number of nitrogens with one attached hydrogen (secondary N) is 1. The number of ether oxygens (including phenoxy) is 2. The second-order valence-electron chi connectivity index (χ2n) is 6.56. The summed E-state index contributed by atoms with van der Waals surface area (Å²) in [7, 11) is 1.60. The van der Waals surface area contributed by atoms with Crippen LogP contribution in [0.25, 0.3) is 10.8 Å². The number of benzene rings is 3. The van der Waals surface area contributed by atoms with E-state index >= 15 is 0 Å². The molecule has 0 fully saturated rings. The first-order valence-electron chi connectivity index (χ1n) is 9.13. The van der Waals surface area contributed by atoms with Gasteiger partial charge >= 0.3 is 5.97 Å². The summed E-state index contributed by atoms with van der Waals surface area (Å²) in [6.45, 7) is 1.93. The fraction of sp³-hybridized carbons (Fsp3) is 0.217. The zero-order valence-electron chi connectivity index (χ0n) is 16.0. The van der Waals surface area contributed by atoms with Gasteiger partial charge in [0, 0.05) is 6.54 Å². The Kier molecular flexibility index (Phi) is 6.27. The number of methoxy groups -OCH3 is 1. The Morgan fingerprint density at radius 2 is 1.61 bits per heavy atom. The molecule has 0 radical (unpaired) electrons. The highest BCUT2D eigenvalue weighted by molar-refractivity contribution is 5.86. The van der Waals surface area contributed by atoms with E-state index in [-0.39, 0.29) is 12.3 Å². The van der Waals surface area contributed by atoms with E-state index in [1.807, 2.05) is 66.7 Å². The monoisotopic (exact) mass is 377 g/mol. The van der Waals surface area contributed by atoms with Crippen molar-refractivity contribution in [2.45, 2.75) is 26.0 Å². The first-order chi connectivity index (χ1) is 13.5. The molecule has 1 N–H and O–H groups in total. The van der Waals surface area contributed by atoms with Crippen molar-refractivity contribution in [2.24, 2.45) is 0 Å². The Balaban J connectivity index is 1.50. The molecule has 5 nitrogen and oxygen atoms in total. The van der Waals surface area contributed by atoms with Gasteiger partial charge < -0.3 is 14.8 Å². The summed E-state index contributed by atoms with van der Waals surface area (Å²) >= 11 is 0. The van der Waals surface area contributed by atoms with Crippen molar-refractivity contribution >= 4 is 22.6 Å². The molecule has 0 saturated heterocycles. The third-order valence-corrected chi connectivity index (χ3v) is 4.47. The van der Waals surface area contributed by atoms with Crippen molar-refractivity contribution in [3.8, 4) is 5.75 Å². The Morgan fingerprint density at radius 1 is 0.929 bits per heavy atom. The predicted octanol–water partition coefficient (Wildman–Crippen LogP) is 3.64. The summed E-state index contributed by atoms with van der Waals surface area (Å²) in [6.07, 6.45) is -0.729. The predicted molar refractivity (Wildman–Crippen MR) is 108 cm³/mol. The minimum atomic E-state index is -0.855. The summed E-state index contributed by atoms with van der Waals surface area (Å²) in [6, 6.07) is 21.2. The van der Waals surface area contributed by atoms with Crippen molar-refractivity contribution in [1.29, 1.82) is 0 Å². The standard InChI is InChI=1S/C23H23NO4/c1-16(23(26)24-15-17-8-11-21(27-2)12-9-17)28-22(25)14-18-7-10-19-5-3-4-6-20(19)13-18/h3-13,16H,14-15H2,1-2H3,(H,24,26)/t16-/m0/s1. The van der Waals surface area contributed by atoms with Crippen LogP contribution >= 0.6 is 0 Å². The first-order valence-corrected chi connectivity index (χ1v) is 9.13. The summed E-state index contributed by atoms with van der Waals surface area (Å²) in [4.78, 5) is 24.4. The van der Waals surface area contributed by atoms with Gasteiger partial charge in [0.15, 0.2) is 6.10 Å². The zero-order valence-corrected chi connectivity index (χ0v) is 16.0. The van der Waals surface area contributed by atoms with Crippen LogP contribution in [0.2, 0.25) is 0 Å². The number of hydrogen-bond donors (Lipinski definition) is 1. The molecule has 0 bridgehead atoms. The van der Waals surface area contributed by atoms with Gasteiger partial charge in [0.1, 0.15) is 5.75 Å². The second-order valence-corrected chi connectivity index (χ2v) is 6.56. The summed E-state index contributed by atoms with van der Waals surface area (Å²) < 4.78 is 10.4. The highest BCUT2D eigenvalue weighted by atomic mass is 16.5. The van der Waals surface area contributed by atoms with Crippen molar-refractivity contribution in [1.82, 2.24) is 5.32 Å². The number of carbonyl (C=O) groups is 2. The Labute approximate surface area is 164 Å². The van der Waals surface area contributed by atoms with E-state index in [9.17, 15) is 9.59 Å². The number of rotatable bonds is 7. The van der Waals surface area contributed by atoms with Gasteiger partial charge in [0.2, 0.25) is 0 Å². The zero-order chi connectivity index (χ0) is 19.9. The van der Waals surface area contributed by atoms with E-state index in [2.05, 4.69) is 5.32 Å². The highest BCUT2D eigenvalue weighted by Crippen LogP contribution is 2.16. The molecule has 1 amide bonds. The molecular formula is C23H23NO4. The molecule has 0 aliphatic rings. The number of carbonyl (C=O) groups excluding carboxylic acids is 2. The molecule has 0 spiro atoms. The van der Waals surface area contributed by atoms with E-state index < -0.39 is 12.1 Å². The number of esters is 1. The Bertz CT molecular complexity index is 966. The number of hydrogen-bond acceptors (Lipinski definition) is 4. The maximum absolute atomic E-state index is 12.2. The van der Waals surface area contributed by atoms with Crippen LogP contribution < -0.4 is 10.1 Å². The lowest BCUT2D eigenvalue weighted by molar-refractivity contribution is -0.154. The van der Waals surface area contributed by atoms with Gasteiger partial charge in [-0.2, -0.15) is 0 Å². The van der Waals surface area contributed by atoms with Crippen molar-refractivity contribution in [3.63, 3.8) is 0 Å². The van der Waals surface area contributed by atoms with Crippen LogP contribution in [0.15, 0.2) is 66.7 Å². The number of amides is 1. The molecule has 0 unspecified atom stereocenters. The van der Waals surface area contributed by atoms with E-state index in [1.54, 1.807) is 14.0 Å². The molecule has 0 saturated carbocycles. The molecule has 3 aromatic carbocycles. The van der Waals surface area contributed by atoms with Crippen molar-refractivity contribution in [2.75, 3.05) is 7.11 Å². The molecule has 28 heavy (non-hydrogen) atoms. The summed E-state index contributed by atoms with van der Waals surface area (Å²) in [5.74, 6) is -0.00359. The van der Waals surface area contributed by atoms with Gasteiger partial charge in [-0.15, -0.1) is 0 Å². The summed E-state index contributed by atoms with van der Waals surface area (Å²) in [5, 5.41) is 4.96. The van der Waals surface area contributed by atoms with E-state index in [0.29, 0.717) is 6.54 Å². The smallest absolute Gasteiger partial charge is 0.311 e. The number of fused-ring (bicyclic) bond motifs is 1. The van der Waals surface area contributed by atoms with Crippen LogP contribution in [0.3, 0.4) is 0 Å². The molecule has 0 aliphatic heterocycles. The lowest BCUT2D eigenvalue weighted by Gasteiger charge is -2.14. The molecule has 3 rings (SSSR count). The van der Waals surface area contributed by atoms with Gasteiger partial charge in [-0.1, -0.05) is 54.6 Å². The van der Waals surface area contributed by atoms with Crippen LogP contribution in [-0.4, -0.2) is 25.1 Å². The SMILES string of the molecule is COc1ccc(CNC(=O)[C@H](C)OC(=O)Cc2ccc3ccccc3c2)cc1. The van der Waals surface area contributed by atoms with Gasteiger partial charge in [-0.25, -0.2) is 0 Å². The maximum Gasteiger partial charge on any atom is 0.311 e. The molecule has 1 atom stereocenters. The molecule has 0 aliphatic carbocycles. The normalized spacial score (nSPS) is 11.6. The van der Waals surface area contributed by atoms with Crippen molar-refractivity contribution in [3.05, 3.63) is 77.9 Å². The topological polar surface area (TPSA) is 64.6 Å². The van der Waals surface area contributed by atoms with Gasteiger partial charge in [-0.3, -0.25) is 9.59 Å². The van der Waals surface area contributed by atoms with Crippen LogP contribution in [-0.2, 0) is 27.3 Å².